The van der Waals surface area contributed by atoms with Crippen molar-refractivity contribution in [1.29, 1.82) is 0 Å². The molecule has 5 aromatic rings. The Kier molecular flexibility index (Phi) is 8.74. The summed E-state index contributed by atoms with van der Waals surface area (Å²) in [7, 11) is -3.06. The van der Waals surface area contributed by atoms with Gasteiger partial charge in [-0.15, -0.1) is 0 Å². The smallest absolute Gasteiger partial charge is 0.343 e. The average Bonchev–Trinajstić information content (AvgIpc) is 3.96. The first kappa shape index (κ1) is 37.0. The number of nitrogens with one attached hydrogen (secondary N) is 1. The van der Waals surface area contributed by atoms with Crippen molar-refractivity contribution < 1.29 is 23.9 Å². The number of aliphatic hydroxyl groups is 1. The van der Waals surface area contributed by atoms with Crippen molar-refractivity contribution in [1.82, 2.24) is 14.9 Å². The quantitative estimate of drug-likeness (QED) is 0.134. The van der Waals surface area contributed by atoms with Gasteiger partial charge in [0.25, 0.3) is 13.9 Å². The molecule has 2 aliphatic carbocycles. The number of pyridine rings is 2. The predicted molar refractivity (Wildman–Crippen MR) is 219 cm³/mol. The molecule has 11 heteroatoms. The number of cyclic esters (lactones) is 1. The number of halogens is 1. The van der Waals surface area contributed by atoms with Crippen molar-refractivity contribution in [2.45, 2.75) is 103 Å². The minimum atomic E-state index is -3.06. The monoisotopic (exact) mass is 787 g/mol. The Morgan fingerprint density at radius 3 is 2.30 bits per heavy atom. The zero-order valence-electron chi connectivity index (χ0n) is 32.4. The van der Waals surface area contributed by atoms with Gasteiger partial charge in [-0.2, -0.15) is 0 Å². The molecular weight excluding hydrogens is 742 g/mol. The Bertz CT molecular complexity index is 2470. The van der Waals surface area contributed by atoms with E-state index in [1.54, 1.807) is 17.6 Å². The first-order valence-electron chi connectivity index (χ1n) is 19.7. The molecule has 1 amide bonds. The molecule has 2 aromatic heterocycles. The number of aromatic nitrogens is 2. The summed E-state index contributed by atoms with van der Waals surface area (Å²) in [6.07, 6.45) is 2.52. The van der Waals surface area contributed by atoms with Gasteiger partial charge in [0, 0.05) is 21.5 Å². The number of carbonyl (C=O) groups is 2. The molecule has 288 valence electrons. The molecule has 2 N–H and O–H groups in total. The van der Waals surface area contributed by atoms with Crippen LogP contribution in [0.2, 0.25) is 10.1 Å². The van der Waals surface area contributed by atoms with Crippen LogP contribution in [0.5, 0.6) is 0 Å². The highest BCUT2D eigenvalue weighted by Gasteiger charge is 2.55. The number of hydrogen-bond acceptors (Lipinski definition) is 7. The fourth-order valence-electron chi connectivity index (χ4n) is 9.60. The minimum Gasteiger partial charge on any atom is -0.458 e. The molecule has 2 aliphatic heterocycles. The lowest BCUT2D eigenvalue weighted by Crippen LogP contribution is -2.69. The van der Waals surface area contributed by atoms with Crippen LogP contribution in [0.15, 0.2) is 77.6 Å². The van der Waals surface area contributed by atoms with Gasteiger partial charge < -0.3 is 24.2 Å². The highest BCUT2D eigenvalue weighted by Crippen LogP contribution is 2.48. The van der Waals surface area contributed by atoms with Crippen LogP contribution in [0.3, 0.4) is 0 Å². The zero-order valence-corrected chi connectivity index (χ0v) is 34.1. The number of rotatable bonds is 8. The van der Waals surface area contributed by atoms with Gasteiger partial charge in [-0.05, 0) is 89.2 Å². The molecule has 0 saturated heterocycles. The number of ether oxygens (including phenoxy) is 1. The second-order valence-electron chi connectivity index (χ2n) is 17.0. The minimum absolute atomic E-state index is 0.0511. The molecule has 9 nitrogen and oxygen atoms in total. The third-order valence-corrected chi connectivity index (χ3v) is 18.1. The van der Waals surface area contributed by atoms with Gasteiger partial charge >= 0.3 is 5.97 Å². The first-order chi connectivity index (χ1) is 26.8. The molecule has 9 rings (SSSR count). The second kappa shape index (κ2) is 13.2. The number of amides is 1. The van der Waals surface area contributed by atoms with Crippen molar-refractivity contribution in [3.63, 3.8) is 0 Å². The van der Waals surface area contributed by atoms with Gasteiger partial charge in [-0.1, -0.05) is 100.0 Å². The third kappa shape index (κ3) is 5.47. The molecule has 0 spiro atoms. The van der Waals surface area contributed by atoms with Gasteiger partial charge in [-0.25, -0.2) is 9.78 Å². The number of fused-ring (bicyclic) bond motifs is 5. The Balaban J connectivity index is 1.17. The molecule has 0 bridgehead atoms. The van der Waals surface area contributed by atoms with Crippen LogP contribution in [0.1, 0.15) is 92.8 Å². The lowest BCUT2D eigenvalue weighted by atomic mass is 9.81. The largest absolute Gasteiger partial charge is 0.458 e. The van der Waals surface area contributed by atoms with Gasteiger partial charge in [-0.3, -0.25) is 9.59 Å². The van der Waals surface area contributed by atoms with Crippen LogP contribution in [0.25, 0.3) is 22.3 Å². The van der Waals surface area contributed by atoms with Gasteiger partial charge in [0.15, 0.2) is 5.60 Å². The lowest BCUT2D eigenvalue weighted by molar-refractivity contribution is -0.172. The van der Waals surface area contributed by atoms with Crippen molar-refractivity contribution in [3.05, 3.63) is 122 Å². The van der Waals surface area contributed by atoms with Crippen molar-refractivity contribution >= 4 is 53.1 Å². The summed E-state index contributed by atoms with van der Waals surface area (Å²) in [5.74, 6) is -0.810. The maximum absolute atomic E-state index is 15.0. The first-order valence-corrected chi connectivity index (χ1v) is 22.0. The fraction of sp³-hybridized carbons (Fsp3) is 0.378. The van der Waals surface area contributed by atoms with Crippen LogP contribution in [-0.4, -0.2) is 41.0 Å². The maximum Gasteiger partial charge on any atom is 0.343 e. The van der Waals surface area contributed by atoms with Crippen LogP contribution in [-0.2, 0) is 43.9 Å². The molecule has 3 atom stereocenters. The number of hydrogen-bond donors (Lipinski definition) is 2. The van der Waals surface area contributed by atoms with Crippen LogP contribution in [0.4, 0.5) is 0 Å². The van der Waals surface area contributed by atoms with Crippen LogP contribution >= 0.6 is 11.6 Å². The van der Waals surface area contributed by atoms with Crippen LogP contribution in [0, 0.1) is 12.8 Å². The molecule has 1 fully saturated rings. The van der Waals surface area contributed by atoms with E-state index in [0.717, 1.165) is 50.9 Å². The molecule has 3 aromatic carbocycles. The van der Waals surface area contributed by atoms with E-state index in [4.69, 9.17) is 25.7 Å². The fourth-order valence-corrected chi connectivity index (χ4v) is 14.5. The summed E-state index contributed by atoms with van der Waals surface area (Å²) in [6.45, 7) is 10.4. The summed E-state index contributed by atoms with van der Waals surface area (Å²) in [5, 5.41) is 18.5. The van der Waals surface area contributed by atoms with E-state index in [1.807, 2.05) is 25.1 Å². The number of carbonyl (C=O) groups excluding carboxylic acids is 2. The number of aryl methyl sites for hydroxylation is 1. The normalized spacial score (nSPS) is 20.6. The highest BCUT2D eigenvalue weighted by molar-refractivity contribution is 6.99. The lowest BCUT2D eigenvalue weighted by Gasteiger charge is -2.45. The van der Waals surface area contributed by atoms with E-state index in [1.165, 1.54) is 0 Å². The zero-order chi connectivity index (χ0) is 39.3. The third-order valence-electron chi connectivity index (χ3n) is 12.7. The highest BCUT2D eigenvalue weighted by atomic mass is 35.5. The Morgan fingerprint density at radius 2 is 1.70 bits per heavy atom. The van der Waals surface area contributed by atoms with E-state index in [0.29, 0.717) is 34.8 Å². The van der Waals surface area contributed by atoms with Crippen molar-refractivity contribution in [2.24, 2.45) is 5.92 Å². The molecule has 4 heterocycles. The van der Waals surface area contributed by atoms with E-state index in [2.05, 4.69) is 74.6 Å². The van der Waals surface area contributed by atoms with E-state index in [-0.39, 0.29) is 53.1 Å². The SMILES string of the molecule is CC[C@@]1(O)C(=O)OCc2c1cc1n(c2=O)Cc2c-1nc1cc(Cl)c(C)c3c1c2[C@@H](NC(=O)[C@@H](O[Si](c1ccccc1)(c1ccccc1)C(C)(C)C)C1CC1)CC3. The van der Waals surface area contributed by atoms with Crippen molar-refractivity contribution in [2.75, 3.05) is 0 Å². The van der Waals surface area contributed by atoms with Crippen LogP contribution < -0.4 is 21.2 Å². The topological polar surface area (TPSA) is 120 Å². The van der Waals surface area contributed by atoms with E-state index < -0.39 is 32.0 Å². The summed E-state index contributed by atoms with van der Waals surface area (Å²) >= 11 is 6.83. The van der Waals surface area contributed by atoms with Gasteiger partial charge in [0.1, 0.15) is 12.7 Å². The number of benzene rings is 3. The molecule has 4 aliphatic rings. The summed E-state index contributed by atoms with van der Waals surface area (Å²) in [6, 6.07) is 24.0. The summed E-state index contributed by atoms with van der Waals surface area (Å²) in [5.41, 5.74) is 3.87. The number of nitrogens with zero attached hydrogens (tertiary/aromatic N) is 2. The van der Waals surface area contributed by atoms with Gasteiger partial charge in [0.05, 0.1) is 35.1 Å². The standard InChI is InChI=1S/C45H46ClN3O6Si/c1-6-45(53)32-21-36-39-30(23-49(36)42(51)31(32)24-54-43(45)52)38-34(20-19-29-25(2)33(46)22-35(47-39)37(29)38)48-41(50)40(26-17-18-26)55-56(44(3,4)5,27-13-9-7-10-14-27)28-15-11-8-12-16-28/h7-16,21-22,26,34,40,53H,6,17-20,23-24H2,1-5H3,(H,48,50)/t34-,40-,45-/m0/s1. The maximum atomic E-state index is 15.0. The Hall–Kier alpha value is -4.61. The summed E-state index contributed by atoms with van der Waals surface area (Å²) in [4.78, 5) is 47.2. The Morgan fingerprint density at radius 1 is 1.04 bits per heavy atom. The van der Waals surface area contributed by atoms with Gasteiger partial charge in [0.2, 0.25) is 5.91 Å². The van der Waals surface area contributed by atoms with E-state index in [9.17, 15) is 14.7 Å². The Labute approximate surface area is 332 Å². The second-order valence-corrected chi connectivity index (χ2v) is 21.6. The number of esters is 1. The summed E-state index contributed by atoms with van der Waals surface area (Å²) < 4.78 is 14.5. The molecule has 0 radical (unpaired) electrons. The average molecular weight is 788 g/mol. The molecule has 56 heavy (non-hydrogen) atoms. The molecule has 0 unspecified atom stereocenters. The van der Waals surface area contributed by atoms with Crippen molar-refractivity contribution in [3.8, 4) is 11.4 Å². The molecular formula is C45H46ClN3O6Si. The molecule has 1 saturated carbocycles. The van der Waals surface area contributed by atoms with E-state index >= 15 is 4.79 Å². The predicted octanol–water partition coefficient (Wildman–Crippen LogP) is 6.50.